The standard InChI is InChI=1S/C30H32ClFN4O4/c1-29(2)17-35(14-18-3-5-24(31)21(11-18)19-15-40-16-19)10-8-30(29,39)23-4-6-25-22(27(23)32)12-20(13-33-25)36-9-7-26(37)34-28(36)38/h3-6,11-13,19,39H,7-10,14-17H2,1-2H3,(H,34,37,38)/t30-/m0/s1. The SMILES string of the molecule is CC1(C)CN(Cc2ccc(Cl)c(C3COC3)c2)CC[C@]1(O)c1ccc2ncc(N3CCC(=O)NC3=O)cc2c1F. The maximum Gasteiger partial charge on any atom is 0.328 e. The van der Waals surface area contributed by atoms with E-state index in [-0.39, 0.29) is 29.8 Å². The first-order chi connectivity index (χ1) is 19.1. The van der Waals surface area contributed by atoms with Gasteiger partial charge in [0.05, 0.1) is 36.2 Å². The van der Waals surface area contributed by atoms with Gasteiger partial charge in [0.1, 0.15) is 5.82 Å². The van der Waals surface area contributed by atoms with Crippen LogP contribution in [0.15, 0.2) is 42.6 Å². The van der Waals surface area contributed by atoms with E-state index in [9.17, 15) is 14.7 Å². The number of halogens is 2. The lowest BCUT2D eigenvalue weighted by Gasteiger charge is -2.50. The zero-order valence-electron chi connectivity index (χ0n) is 22.5. The van der Waals surface area contributed by atoms with Crippen molar-refractivity contribution in [1.29, 1.82) is 0 Å². The van der Waals surface area contributed by atoms with Crippen LogP contribution in [-0.4, -0.2) is 59.8 Å². The first kappa shape index (κ1) is 27.1. The molecule has 10 heteroatoms. The van der Waals surface area contributed by atoms with Crippen LogP contribution >= 0.6 is 11.6 Å². The van der Waals surface area contributed by atoms with Gasteiger partial charge in [-0.25, -0.2) is 9.18 Å². The molecule has 0 spiro atoms. The molecule has 0 bridgehead atoms. The monoisotopic (exact) mass is 566 g/mol. The van der Waals surface area contributed by atoms with Gasteiger partial charge >= 0.3 is 6.03 Å². The van der Waals surface area contributed by atoms with E-state index in [1.807, 2.05) is 26.0 Å². The van der Waals surface area contributed by atoms with E-state index >= 15 is 4.39 Å². The van der Waals surface area contributed by atoms with Gasteiger partial charge in [0, 0.05) is 59.9 Å². The zero-order valence-corrected chi connectivity index (χ0v) is 23.3. The Hall–Kier alpha value is -3.11. The van der Waals surface area contributed by atoms with Crippen molar-refractivity contribution >= 4 is 40.1 Å². The molecule has 3 aliphatic heterocycles. The Bertz CT molecular complexity index is 1510. The Morgan fingerprint density at radius 2 is 1.98 bits per heavy atom. The van der Waals surface area contributed by atoms with E-state index in [2.05, 4.69) is 21.3 Å². The number of rotatable bonds is 5. The fourth-order valence-corrected chi connectivity index (χ4v) is 6.44. The van der Waals surface area contributed by atoms with Crippen LogP contribution in [-0.2, 0) is 21.7 Å². The Morgan fingerprint density at radius 1 is 1.18 bits per heavy atom. The van der Waals surface area contributed by atoms with Gasteiger partial charge in [-0.2, -0.15) is 0 Å². The number of aromatic nitrogens is 1. The van der Waals surface area contributed by atoms with Gasteiger partial charge in [-0.15, -0.1) is 0 Å². The Balaban J connectivity index is 1.25. The number of pyridine rings is 1. The van der Waals surface area contributed by atoms with Crippen LogP contribution in [0.2, 0.25) is 5.02 Å². The molecule has 0 radical (unpaired) electrons. The predicted octanol–water partition coefficient (Wildman–Crippen LogP) is 4.71. The summed E-state index contributed by atoms with van der Waals surface area (Å²) in [5.74, 6) is -0.564. The highest BCUT2D eigenvalue weighted by Gasteiger charge is 2.50. The van der Waals surface area contributed by atoms with E-state index < -0.39 is 22.9 Å². The molecule has 3 aliphatic rings. The van der Waals surface area contributed by atoms with Crippen molar-refractivity contribution in [3.05, 3.63) is 70.1 Å². The number of carbonyl (C=O) groups is 2. The second kappa shape index (κ2) is 10.1. The molecule has 0 saturated carbocycles. The first-order valence-corrected chi connectivity index (χ1v) is 13.9. The summed E-state index contributed by atoms with van der Waals surface area (Å²) in [7, 11) is 0. The molecule has 3 fully saturated rings. The van der Waals surface area contributed by atoms with Crippen molar-refractivity contribution in [3.63, 3.8) is 0 Å². The average Bonchev–Trinajstić information content (AvgIpc) is 2.87. The summed E-state index contributed by atoms with van der Waals surface area (Å²) in [6, 6.07) is 10.5. The van der Waals surface area contributed by atoms with Crippen molar-refractivity contribution in [2.24, 2.45) is 5.41 Å². The van der Waals surface area contributed by atoms with Gasteiger partial charge in [0.15, 0.2) is 0 Å². The second-order valence-electron chi connectivity index (χ2n) is 11.7. The van der Waals surface area contributed by atoms with Crippen LogP contribution in [0, 0.1) is 11.2 Å². The molecular weight excluding hydrogens is 535 g/mol. The van der Waals surface area contributed by atoms with Gasteiger partial charge in [-0.3, -0.25) is 24.9 Å². The van der Waals surface area contributed by atoms with Crippen LogP contribution in [0.25, 0.3) is 10.9 Å². The summed E-state index contributed by atoms with van der Waals surface area (Å²) in [4.78, 5) is 31.9. The number of ether oxygens (including phenoxy) is 1. The molecule has 1 atom stereocenters. The summed E-state index contributed by atoms with van der Waals surface area (Å²) < 4.78 is 21.5. The van der Waals surface area contributed by atoms with Crippen molar-refractivity contribution in [2.45, 2.75) is 44.8 Å². The number of amides is 3. The molecule has 0 unspecified atom stereocenters. The number of nitrogens with one attached hydrogen (secondary N) is 1. The lowest BCUT2D eigenvalue weighted by atomic mass is 9.66. The number of hydrogen-bond donors (Lipinski definition) is 2. The maximum atomic E-state index is 16.2. The lowest BCUT2D eigenvalue weighted by molar-refractivity contribution is -0.128. The highest BCUT2D eigenvalue weighted by atomic mass is 35.5. The highest BCUT2D eigenvalue weighted by Crippen LogP contribution is 2.48. The second-order valence-corrected chi connectivity index (χ2v) is 12.1. The molecule has 6 rings (SSSR count). The fraction of sp³-hybridized carbons (Fsp3) is 0.433. The van der Waals surface area contributed by atoms with Crippen molar-refractivity contribution in [1.82, 2.24) is 15.2 Å². The number of anilines is 1. The topological polar surface area (TPSA) is 95.0 Å². The van der Waals surface area contributed by atoms with Gasteiger partial charge < -0.3 is 9.84 Å². The van der Waals surface area contributed by atoms with E-state index in [1.165, 1.54) is 11.1 Å². The molecule has 8 nitrogen and oxygen atoms in total. The third-order valence-electron chi connectivity index (χ3n) is 8.67. The fourth-order valence-electron chi connectivity index (χ4n) is 6.17. The number of piperidine rings is 1. The molecule has 1 aromatic heterocycles. The van der Waals surface area contributed by atoms with E-state index in [4.69, 9.17) is 16.3 Å². The van der Waals surface area contributed by atoms with E-state index in [0.717, 1.165) is 16.1 Å². The summed E-state index contributed by atoms with van der Waals surface area (Å²) in [6.07, 6.45) is 2.00. The molecular formula is C30H32ClFN4O4. The van der Waals surface area contributed by atoms with E-state index in [0.29, 0.717) is 56.4 Å². The molecule has 3 aromatic rings. The minimum absolute atomic E-state index is 0.156. The third kappa shape index (κ3) is 4.64. The highest BCUT2D eigenvalue weighted by molar-refractivity contribution is 6.31. The summed E-state index contributed by atoms with van der Waals surface area (Å²) in [6.45, 7) is 7.34. The minimum Gasteiger partial charge on any atom is -0.384 e. The van der Waals surface area contributed by atoms with Gasteiger partial charge in [0.2, 0.25) is 5.91 Å². The van der Waals surface area contributed by atoms with Crippen LogP contribution < -0.4 is 10.2 Å². The maximum absolute atomic E-state index is 16.2. The number of aliphatic hydroxyl groups is 1. The van der Waals surface area contributed by atoms with Crippen LogP contribution in [0.5, 0.6) is 0 Å². The smallest absolute Gasteiger partial charge is 0.328 e. The van der Waals surface area contributed by atoms with Crippen LogP contribution in [0.3, 0.4) is 0 Å². The molecule has 3 saturated heterocycles. The molecule has 2 N–H and O–H groups in total. The Morgan fingerprint density at radius 3 is 2.67 bits per heavy atom. The summed E-state index contributed by atoms with van der Waals surface area (Å²) in [5.41, 5.74) is 1.21. The molecule has 4 heterocycles. The van der Waals surface area contributed by atoms with Gasteiger partial charge in [-0.05, 0) is 35.7 Å². The summed E-state index contributed by atoms with van der Waals surface area (Å²) >= 11 is 6.44. The summed E-state index contributed by atoms with van der Waals surface area (Å²) in [5, 5.41) is 15.3. The molecule has 0 aliphatic carbocycles. The quantitative estimate of drug-likeness (QED) is 0.465. The number of fused-ring (bicyclic) bond motifs is 1. The molecule has 210 valence electrons. The molecule has 3 amide bonds. The Labute approximate surface area is 237 Å². The van der Waals surface area contributed by atoms with Crippen molar-refractivity contribution in [2.75, 3.05) is 37.7 Å². The van der Waals surface area contributed by atoms with Gasteiger partial charge in [0.25, 0.3) is 0 Å². The number of urea groups is 1. The minimum atomic E-state index is -1.42. The largest absolute Gasteiger partial charge is 0.384 e. The van der Waals surface area contributed by atoms with Crippen LogP contribution in [0.1, 0.15) is 49.3 Å². The number of benzene rings is 2. The predicted molar refractivity (Wildman–Crippen MR) is 150 cm³/mol. The van der Waals surface area contributed by atoms with Gasteiger partial charge in [-0.1, -0.05) is 43.6 Å². The average molecular weight is 567 g/mol. The van der Waals surface area contributed by atoms with Crippen molar-refractivity contribution in [3.8, 4) is 0 Å². The van der Waals surface area contributed by atoms with Crippen LogP contribution in [0.4, 0.5) is 14.9 Å². The number of likely N-dealkylation sites (tertiary alicyclic amines) is 1. The third-order valence-corrected chi connectivity index (χ3v) is 9.01. The number of imide groups is 1. The molecule has 2 aromatic carbocycles. The number of nitrogens with zero attached hydrogens (tertiary/aromatic N) is 3. The van der Waals surface area contributed by atoms with Crippen molar-refractivity contribution < 1.29 is 23.8 Å². The Kier molecular flexibility index (Phi) is 6.81. The zero-order chi connectivity index (χ0) is 28.2. The number of hydrogen-bond acceptors (Lipinski definition) is 6. The lowest BCUT2D eigenvalue weighted by Crippen LogP contribution is -2.55. The number of carbonyl (C=O) groups excluding carboxylic acids is 2. The van der Waals surface area contributed by atoms with E-state index in [1.54, 1.807) is 18.2 Å². The molecule has 40 heavy (non-hydrogen) atoms. The first-order valence-electron chi connectivity index (χ1n) is 13.6. The normalized spacial score (nSPS) is 23.8.